The van der Waals surface area contributed by atoms with Gasteiger partial charge in [-0.05, 0) is 38.5 Å². The van der Waals surface area contributed by atoms with Crippen LogP contribution in [0.3, 0.4) is 0 Å². The molecule has 0 aliphatic carbocycles. The summed E-state index contributed by atoms with van der Waals surface area (Å²) >= 11 is 3.51. The van der Waals surface area contributed by atoms with Gasteiger partial charge in [0.2, 0.25) is 0 Å². The van der Waals surface area contributed by atoms with Crippen LogP contribution >= 0.6 is 15.9 Å². The van der Waals surface area contributed by atoms with E-state index in [9.17, 15) is 0 Å². The van der Waals surface area contributed by atoms with E-state index in [2.05, 4.69) is 39.4 Å². The summed E-state index contributed by atoms with van der Waals surface area (Å²) in [6.07, 6.45) is 1.00. The van der Waals surface area contributed by atoms with Crippen molar-refractivity contribution >= 4 is 15.9 Å². The average molecular weight is 353 g/mol. The Bertz CT molecular complexity index is 576. The van der Waals surface area contributed by atoms with Gasteiger partial charge in [-0.1, -0.05) is 28.0 Å². The van der Waals surface area contributed by atoms with Gasteiger partial charge in [-0.25, -0.2) is 0 Å². The summed E-state index contributed by atoms with van der Waals surface area (Å²) in [6, 6.07) is 6.10. The Hall–Kier alpha value is -1.33. The highest BCUT2D eigenvalue weighted by Gasteiger charge is 2.09. The summed E-state index contributed by atoms with van der Waals surface area (Å²) in [6.45, 7) is 8.21. The SMILES string of the molecule is CCCOc1ccc(Br)cc1CNCc1c(C)noc1C. The molecule has 4 nitrogen and oxygen atoms in total. The second kappa shape index (κ2) is 7.61. The minimum Gasteiger partial charge on any atom is -0.493 e. The van der Waals surface area contributed by atoms with Crippen LogP contribution in [-0.4, -0.2) is 11.8 Å². The van der Waals surface area contributed by atoms with Gasteiger partial charge >= 0.3 is 0 Å². The predicted octanol–water partition coefficient (Wildman–Crippen LogP) is 4.13. The lowest BCUT2D eigenvalue weighted by molar-refractivity contribution is 0.313. The van der Waals surface area contributed by atoms with Crippen molar-refractivity contribution in [3.8, 4) is 5.75 Å². The third-order valence-electron chi connectivity index (χ3n) is 3.28. The van der Waals surface area contributed by atoms with Crippen molar-refractivity contribution in [2.24, 2.45) is 0 Å². The Morgan fingerprint density at radius 2 is 2.10 bits per heavy atom. The number of aryl methyl sites for hydroxylation is 2. The van der Waals surface area contributed by atoms with Crippen LogP contribution < -0.4 is 10.1 Å². The third-order valence-corrected chi connectivity index (χ3v) is 3.78. The van der Waals surface area contributed by atoms with Crippen molar-refractivity contribution in [3.05, 3.63) is 45.3 Å². The van der Waals surface area contributed by atoms with Gasteiger partial charge in [0.25, 0.3) is 0 Å². The molecule has 1 aromatic carbocycles. The summed E-state index contributed by atoms with van der Waals surface area (Å²) in [7, 11) is 0. The van der Waals surface area contributed by atoms with Crippen LogP contribution in [0.1, 0.15) is 35.9 Å². The van der Waals surface area contributed by atoms with E-state index in [0.717, 1.165) is 58.9 Å². The maximum atomic E-state index is 5.78. The average Bonchev–Trinajstić information content (AvgIpc) is 2.78. The standard InChI is InChI=1S/C16H21BrN2O2/c1-4-7-20-16-6-5-14(17)8-13(16)9-18-10-15-11(2)19-21-12(15)3/h5-6,8,18H,4,7,9-10H2,1-3H3. The molecule has 114 valence electrons. The van der Waals surface area contributed by atoms with Crippen LogP contribution in [0.2, 0.25) is 0 Å². The molecular formula is C16H21BrN2O2. The van der Waals surface area contributed by atoms with Gasteiger partial charge in [-0.3, -0.25) is 0 Å². The Kier molecular flexibility index (Phi) is 5.82. The van der Waals surface area contributed by atoms with Crippen molar-refractivity contribution < 1.29 is 9.26 Å². The quantitative estimate of drug-likeness (QED) is 0.813. The lowest BCUT2D eigenvalue weighted by atomic mass is 10.1. The zero-order valence-corrected chi connectivity index (χ0v) is 14.3. The van der Waals surface area contributed by atoms with E-state index in [1.807, 2.05) is 26.0 Å². The van der Waals surface area contributed by atoms with Gasteiger partial charge in [-0.15, -0.1) is 0 Å². The molecule has 1 N–H and O–H groups in total. The Balaban J connectivity index is 2.00. The summed E-state index contributed by atoms with van der Waals surface area (Å²) < 4.78 is 12.0. The van der Waals surface area contributed by atoms with Crippen LogP contribution in [-0.2, 0) is 13.1 Å². The molecule has 0 unspecified atom stereocenters. The fourth-order valence-corrected chi connectivity index (χ4v) is 2.52. The highest BCUT2D eigenvalue weighted by molar-refractivity contribution is 9.10. The normalized spacial score (nSPS) is 10.9. The molecule has 2 aromatic rings. The van der Waals surface area contributed by atoms with Crippen molar-refractivity contribution in [2.75, 3.05) is 6.61 Å². The van der Waals surface area contributed by atoms with Crippen LogP contribution in [0.25, 0.3) is 0 Å². The first-order valence-corrected chi connectivity index (χ1v) is 7.94. The summed E-state index contributed by atoms with van der Waals surface area (Å²) in [5.74, 6) is 1.81. The molecule has 0 atom stereocenters. The number of hydrogen-bond donors (Lipinski definition) is 1. The molecule has 0 amide bonds. The lowest BCUT2D eigenvalue weighted by Gasteiger charge is -2.12. The molecule has 0 spiro atoms. The maximum Gasteiger partial charge on any atom is 0.138 e. The molecule has 0 saturated heterocycles. The van der Waals surface area contributed by atoms with E-state index in [-0.39, 0.29) is 0 Å². The van der Waals surface area contributed by atoms with E-state index in [1.165, 1.54) is 0 Å². The van der Waals surface area contributed by atoms with Crippen LogP contribution in [0, 0.1) is 13.8 Å². The van der Waals surface area contributed by atoms with Gasteiger partial charge < -0.3 is 14.6 Å². The van der Waals surface area contributed by atoms with Gasteiger partial charge in [-0.2, -0.15) is 0 Å². The molecule has 0 aliphatic heterocycles. The molecule has 0 saturated carbocycles. The van der Waals surface area contributed by atoms with E-state index in [0.29, 0.717) is 0 Å². The molecule has 0 radical (unpaired) electrons. The van der Waals surface area contributed by atoms with E-state index < -0.39 is 0 Å². The molecule has 1 aromatic heterocycles. The van der Waals surface area contributed by atoms with Gasteiger partial charge in [0.15, 0.2) is 0 Å². The monoisotopic (exact) mass is 352 g/mol. The highest BCUT2D eigenvalue weighted by atomic mass is 79.9. The smallest absolute Gasteiger partial charge is 0.138 e. The predicted molar refractivity (Wildman–Crippen MR) is 86.4 cm³/mol. The number of halogens is 1. The number of rotatable bonds is 7. The summed E-state index contributed by atoms with van der Waals surface area (Å²) in [5.41, 5.74) is 3.21. The summed E-state index contributed by atoms with van der Waals surface area (Å²) in [5, 5.41) is 7.40. The zero-order valence-electron chi connectivity index (χ0n) is 12.7. The van der Waals surface area contributed by atoms with Crippen molar-refractivity contribution in [2.45, 2.75) is 40.3 Å². The van der Waals surface area contributed by atoms with Gasteiger partial charge in [0, 0.05) is 28.7 Å². The third kappa shape index (κ3) is 4.32. The Morgan fingerprint density at radius 1 is 1.29 bits per heavy atom. The van der Waals surface area contributed by atoms with Gasteiger partial charge in [0.1, 0.15) is 11.5 Å². The number of ether oxygens (including phenoxy) is 1. The van der Waals surface area contributed by atoms with Crippen molar-refractivity contribution in [1.29, 1.82) is 0 Å². The second-order valence-corrected chi connectivity index (χ2v) is 5.92. The molecule has 0 fully saturated rings. The fourth-order valence-electron chi connectivity index (χ4n) is 2.12. The van der Waals surface area contributed by atoms with Crippen molar-refractivity contribution in [3.63, 3.8) is 0 Å². The zero-order chi connectivity index (χ0) is 15.2. The number of nitrogens with one attached hydrogen (secondary N) is 1. The lowest BCUT2D eigenvalue weighted by Crippen LogP contribution is -2.14. The molecule has 5 heteroatoms. The van der Waals surface area contributed by atoms with Crippen LogP contribution in [0.4, 0.5) is 0 Å². The van der Waals surface area contributed by atoms with Crippen molar-refractivity contribution in [1.82, 2.24) is 10.5 Å². The second-order valence-electron chi connectivity index (χ2n) is 5.01. The Labute approximate surface area is 134 Å². The molecular weight excluding hydrogens is 332 g/mol. The number of benzene rings is 1. The number of nitrogens with zero attached hydrogens (tertiary/aromatic N) is 1. The number of aromatic nitrogens is 1. The molecule has 2 rings (SSSR count). The molecule has 1 heterocycles. The molecule has 0 aliphatic rings. The van der Waals surface area contributed by atoms with E-state index in [1.54, 1.807) is 0 Å². The first kappa shape index (κ1) is 16.0. The molecule has 21 heavy (non-hydrogen) atoms. The first-order chi connectivity index (χ1) is 10.1. The Morgan fingerprint density at radius 3 is 2.76 bits per heavy atom. The first-order valence-electron chi connectivity index (χ1n) is 7.15. The largest absolute Gasteiger partial charge is 0.493 e. The van der Waals surface area contributed by atoms with Gasteiger partial charge in [0.05, 0.1) is 12.3 Å². The fraction of sp³-hybridized carbons (Fsp3) is 0.438. The molecule has 0 bridgehead atoms. The summed E-state index contributed by atoms with van der Waals surface area (Å²) in [4.78, 5) is 0. The topological polar surface area (TPSA) is 47.3 Å². The van der Waals surface area contributed by atoms with Crippen LogP contribution in [0.5, 0.6) is 5.75 Å². The van der Waals surface area contributed by atoms with Crippen LogP contribution in [0.15, 0.2) is 27.2 Å². The maximum absolute atomic E-state index is 5.78. The van der Waals surface area contributed by atoms with E-state index in [4.69, 9.17) is 9.26 Å². The van der Waals surface area contributed by atoms with E-state index >= 15 is 0 Å². The minimum absolute atomic E-state index is 0.735. The number of hydrogen-bond acceptors (Lipinski definition) is 4. The highest BCUT2D eigenvalue weighted by Crippen LogP contribution is 2.23. The minimum atomic E-state index is 0.735.